The lowest BCUT2D eigenvalue weighted by Crippen LogP contribution is -2.17. The summed E-state index contributed by atoms with van der Waals surface area (Å²) in [4.78, 5) is 7.85. The first-order valence-corrected chi connectivity index (χ1v) is 8.98. The fourth-order valence-corrected chi connectivity index (χ4v) is 3.50. The second-order valence-electron chi connectivity index (χ2n) is 6.66. The second-order valence-corrected chi connectivity index (χ2v) is 6.66. The molecule has 5 nitrogen and oxygen atoms in total. The lowest BCUT2D eigenvalue weighted by Gasteiger charge is -2.12. The second kappa shape index (κ2) is 7.95. The number of aliphatic hydroxyl groups excluding tert-OH is 1. The normalized spacial score (nSPS) is 11.8. The number of hydrogen-bond donors (Lipinski definition) is 1. The molecule has 0 fully saturated rings. The Morgan fingerprint density at radius 2 is 1.74 bits per heavy atom. The van der Waals surface area contributed by atoms with Crippen LogP contribution in [0, 0.1) is 11.6 Å². The Bertz CT molecular complexity index is 1240. The third kappa shape index (κ3) is 4.19. The van der Waals surface area contributed by atoms with Crippen molar-refractivity contribution in [2.24, 2.45) is 0 Å². The van der Waals surface area contributed by atoms with Crippen LogP contribution in [0.1, 0.15) is 11.3 Å². The number of fused-ring (bicyclic) bond motifs is 1. The lowest BCUT2D eigenvalue weighted by molar-refractivity contribution is -0.274. The van der Waals surface area contributed by atoms with Gasteiger partial charge in [0.25, 0.3) is 0 Å². The zero-order valence-corrected chi connectivity index (χ0v) is 15.7. The summed E-state index contributed by atoms with van der Waals surface area (Å²) in [5.41, 5.74) is 1.69. The minimum Gasteiger partial charge on any atom is -0.406 e. The number of aromatic nitrogens is 3. The third-order valence-electron chi connectivity index (χ3n) is 4.72. The minimum atomic E-state index is -4.89. The highest BCUT2D eigenvalue weighted by atomic mass is 19.4. The van der Waals surface area contributed by atoms with Gasteiger partial charge in [-0.25, -0.2) is 18.7 Å². The summed E-state index contributed by atoms with van der Waals surface area (Å²) in [5, 5.41) is 10.4. The summed E-state index contributed by atoms with van der Waals surface area (Å²) in [6, 6.07) is 6.79. The van der Waals surface area contributed by atoms with Crippen LogP contribution < -0.4 is 4.74 Å². The summed E-state index contributed by atoms with van der Waals surface area (Å²) in [6.07, 6.45) is -0.710. The van der Waals surface area contributed by atoms with Crippen LogP contribution in [0.3, 0.4) is 0 Å². The fourth-order valence-electron chi connectivity index (χ4n) is 3.50. The van der Waals surface area contributed by atoms with Gasteiger partial charge in [0.15, 0.2) is 0 Å². The van der Waals surface area contributed by atoms with Crippen LogP contribution in [0.25, 0.3) is 22.0 Å². The van der Waals surface area contributed by atoms with Crippen LogP contribution in [0.15, 0.2) is 55.1 Å². The predicted octanol–water partition coefficient (Wildman–Crippen LogP) is 4.82. The average molecular weight is 435 g/mol. The summed E-state index contributed by atoms with van der Waals surface area (Å²) in [6.45, 7) is -0.594. The quantitative estimate of drug-likeness (QED) is 0.457. The molecule has 0 saturated carbocycles. The van der Waals surface area contributed by atoms with E-state index in [-0.39, 0.29) is 12.1 Å². The number of rotatable bonds is 5. The molecule has 0 aliphatic rings. The molecule has 2 heterocycles. The van der Waals surface area contributed by atoms with Gasteiger partial charge in [-0.3, -0.25) is 0 Å². The Morgan fingerprint density at radius 3 is 2.39 bits per heavy atom. The minimum absolute atomic E-state index is 0.0916. The first-order valence-electron chi connectivity index (χ1n) is 8.98. The molecule has 160 valence electrons. The van der Waals surface area contributed by atoms with E-state index in [4.69, 9.17) is 0 Å². The van der Waals surface area contributed by atoms with Crippen LogP contribution in [0.2, 0.25) is 0 Å². The van der Waals surface area contributed by atoms with E-state index in [2.05, 4.69) is 14.7 Å². The van der Waals surface area contributed by atoms with Gasteiger partial charge in [0.2, 0.25) is 0 Å². The maximum absolute atomic E-state index is 14.3. The Kier molecular flexibility index (Phi) is 5.32. The van der Waals surface area contributed by atoms with Crippen LogP contribution in [0.4, 0.5) is 22.0 Å². The Hall–Kier alpha value is -3.53. The topological polar surface area (TPSA) is 60.2 Å². The number of nitrogens with zero attached hydrogens (tertiary/aromatic N) is 3. The number of hydrogen-bond acceptors (Lipinski definition) is 4. The van der Waals surface area contributed by atoms with Crippen LogP contribution in [-0.4, -0.2) is 26.0 Å². The zero-order valence-electron chi connectivity index (χ0n) is 15.7. The number of alkyl halides is 3. The van der Waals surface area contributed by atoms with Gasteiger partial charge < -0.3 is 14.4 Å². The Labute approximate surface area is 172 Å². The van der Waals surface area contributed by atoms with E-state index >= 15 is 0 Å². The van der Waals surface area contributed by atoms with E-state index < -0.39 is 30.4 Å². The van der Waals surface area contributed by atoms with E-state index in [0.29, 0.717) is 27.7 Å². The van der Waals surface area contributed by atoms with Crippen molar-refractivity contribution in [3.05, 3.63) is 78.0 Å². The smallest absolute Gasteiger partial charge is 0.406 e. The van der Waals surface area contributed by atoms with Gasteiger partial charge in [-0.2, -0.15) is 0 Å². The zero-order chi connectivity index (χ0) is 22.2. The predicted molar refractivity (Wildman–Crippen MR) is 101 cm³/mol. The van der Waals surface area contributed by atoms with Gasteiger partial charge in [-0.1, -0.05) is 6.07 Å². The van der Waals surface area contributed by atoms with Gasteiger partial charge in [-0.05, 0) is 24.3 Å². The maximum atomic E-state index is 14.3. The molecule has 0 unspecified atom stereocenters. The molecule has 2 aromatic carbocycles. The number of benzene rings is 2. The number of aliphatic hydroxyl groups is 1. The number of ether oxygens (including phenoxy) is 1. The van der Waals surface area contributed by atoms with Gasteiger partial charge in [0.05, 0.1) is 18.8 Å². The fraction of sp³-hybridized carbons (Fsp3) is 0.143. The standard InChI is InChI=1S/C21H14F5N3O2/c22-14-2-1-12(17(23)5-14)9-29-18-4-3-15(31-21(24,25)26)6-16(18)20(19(29)10-30)13-7-27-11-28-8-13/h1-8,11,30H,9-10H2. The van der Waals surface area contributed by atoms with Crippen molar-refractivity contribution in [2.75, 3.05) is 0 Å². The molecule has 0 atom stereocenters. The van der Waals surface area contributed by atoms with Crippen molar-refractivity contribution < 1.29 is 31.8 Å². The van der Waals surface area contributed by atoms with Crippen molar-refractivity contribution in [1.82, 2.24) is 14.5 Å². The molecule has 0 aliphatic carbocycles. The summed E-state index contributed by atoms with van der Waals surface area (Å²) >= 11 is 0. The lowest BCUT2D eigenvalue weighted by atomic mass is 10.0. The molecular formula is C21H14F5N3O2. The van der Waals surface area contributed by atoms with Crippen LogP contribution in [-0.2, 0) is 13.2 Å². The molecule has 2 aromatic heterocycles. The maximum Gasteiger partial charge on any atom is 0.573 e. The van der Waals surface area contributed by atoms with E-state index in [1.54, 1.807) is 4.57 Å². The molecule has 0 amide bonds. The molecule has 31 heavy (non-hydrogen) atoms. The molecule has 0 bridgehead atoms. The third-order valence-corrected chi connectivity index (χ3v) is 4.72. The average Bonchev–Trinajstić information content (AvgIpc) is 3.02. The van der Waals surface area contributed by atoms with Gasteiger partial charge in [0.1, 0.15) is 23.7 Å². The molecule has 0 radical (unpaired) electrons. The molecule has 10 heteroatoms. The molecule has 0 aliphatic heterocycles. The van der Waals surface area contributed by atoms with Gasteiger partial charge in [0, 0.05) is 46.1 Å². The van der Waals surface area contributed by atoms with E-state index in [0.717, 1.165) is 18.2 Å². The van der Waals surface area contributed by atoms with Crippen LogP contribution in [0.5, 0.6) is 5.75 Å². The first-order chi connectivity index (χ1) is 14.8. The highest BCUT2D eigenvalue weighted by molar-refractivity contribution is 5.98. The molecular weight excluding hydrogens is 421 g/mol. The molecule has 4 rings (SSSR count). The largest absolute Gasteiger partial charge is 0.573 e. The van der Waals surface area contributed by atoms with Crippen molar-refractivity contribution >= 4 is 10.9 Å². The van der Waals surface area contributed by atoms with E-state index in [1.165, 1.54) is 36.9 Å². The van der Waals surface area contributed by atoms with Gasteiger partial charge in [-0.15, -0.1) is 13.2 Å². The van der Waals surface area contributed by atoms with Crippen molar-refractivity contribution in [1.29, 1.82) is 0 Å². The van der Waals surface area contributed by atoms with E-state index in [1.807, 2.05) is 0 Å². The van der Waals surface area contributed by atoms with Crippen molar-refractivity contribution in [3.63, 3.8) is 0 Å². The Morgan fingerprint density at radius 1 is 1.00 bits per heavy atom. The molecule has 4 aromatic rings. The highest BCUT2D eigenvalue weighted by Crippen LogP contribution is 2.38. The molecule has 0 saturated heterocycles. The van der Waals surface area contributed by atoms with Crippen molar-refractivity contribution in [3.8, 4) is 16.9 Å². The summed E-state index contributed by atoms with van der Waals surface area (Å²) in [5.74, 6) is -1.97. The van der Waals surface area contributed by atoms with E-state index in [9.17, 15) is 27.1 Å². The highest BCUT2D eigenvalue weighted by Gasteiger charge is 2.31. The Balaban J connectivity index is 1.95. The SMILES string of the molecule is OCc1c(-c2cncnc2)c2cc(OC(F)(F)F)ccc2n1Cc1ccc(F)cc1F. The number of halogens is 5. The van der Waals surface area contributed by atoms with Crippen molar-refractivity contribution in [2.45, 2.75) is 19.5 Å². The molecule has 1 N–H and O–H groups in total. The summed E-state index contributed by atoms with van der Waals surface area (Å²) < 4.78 is 71.3. The van der Waals surface area contributed by atoms with Gasteiger partial charge >= 0.3 is 6.36 Å². The molecule has 0 spiro atoms. The summed E-state index contributed by atoms with van der Waals surface area (Å²) in [7, 11) is 0. The first kappa shape index (κ1) is 20.7. The monoisotopic (exact) mass is 435 g/mol. The van der Waals surface area contributed by atoms with Crippen LogP contribution >= 0.6 is 0 Å².